The number of fused-ring (bicyclic) bond motifs is 7. The van der Waals surface area contributed by atoms with Crippen LogP contribution in [0.2, 0.25) is 0 Å². The first-order valence-electron chi connectivity index (χ1n) is 19.5. The second-order valence-electron chi connectivity index (χ2n) is 15.2. The fourth-order valence-corrected chi connectivity index (χ4v) is 9.30. The molecule has 0 aliphatic heterocycles. The standard InChI is InChI=1S/C54H35NO4/c55-50-49(51(56)53(58)54(59)52(50)57)48-43-16-7-6-15-42(43)47(44-26-23-33(29-46(44)48)30-11-2-1-3-12-30)41-22-10-19-36-35(17-8-20-38(36)41)37-18-9-21-39-40(37)25-24-34-27-31-13-4-5-14-32(31)28-45(34)39/h1-29,56-59H,55H2. The van der Waals surface area contributed by atoms with E-state index in [1.807, 2.05) is 54.6 Å². The number of nitrogen functional groups attached to an aromatic ring is 1. The van der Waals surface area contributed by atoms with Gasteiger partial charge in [-0.1, -0.05) is 158 Å². The summed E-state index contributed by atoms with van der Waals surface area (Å²) in [6.45, 7) is 0. The summed E-state index contributed by atoms with van der Waals surface area (Å²) in [4.78, 5) is 0. The SMILES string of the molecule is Nc1c(O)c(O)c(O)c(O)c1-c1c2ccccc2c(-c2cccc3c(-c4cccc5c4ccc4cc6ccccc6cc45)cccc23)c2ccc(-c3ccccc3)cc12. The maximum atomic E-state index is 11.5. The number of hydrogen-bond acceptors (Lipinski definition) is 5. The first-order valence-corrected chi connectivity index (χ1v) is 19.5. The van der Waals surface area contributed by atoms with Gasteiger partial charge in [0.2, 0.25) is 11.5 Å². The van der Waals surface area contributed by atoms with Crippen LogP contribution in [-0.2, 0) is 0 Å². The first kappa shape index (κ1) is 34.2. The summed E-state index contributed by atoms with van der Waals surface area (Å²) in [5.41, 5.74) is 13.1. The molecule has 280 valence electrons. The molecule has 0 unspecified atom stereocenters. The topological polar surface area (TPSA) is 107 Å². The zero-order chi connectivity index (χ0) is 39.9. The van der Waals surface area contributed by atoms with Crippen molar-refractivity contribution in [2.45, 2.75) is 0 Å². The Morgan fingerprint density at radius 2 is 0.797 bits per heavy atom. The van der Waals surface area contributed by atoms with E-state index in [1.165, 1.54) is 32.3 Å². The Bertz CT molecular complexity index is 3530. The second-order valence-corrected chi connectivity index (χ2v) is 15.2. The highest BCUT2D eigenvalue weighted by Gasteiger charge is 2.27. The molecule has 0 bridgehead atoms. The predicted octanol–water partition coefficient (Wildman–Crippen LogP) is 13.7. The summed E-state index contributed by atoms with van der Waals surface area (Å²) >= 11 is 0. The minimum absolute atomic E-state index is 0.0347. The summed E-state index contributed by atoms with van der Waals surface area (Å²) in [7, 11) is 0. The van der Waals surface area contributed by atoms with E-state index < -0.39 is 23.0 Å². The van der Waals surface area contributed by atoms with Crippen LogP contribution in [0, 0.1) is 0 Å². The molecule has 11 rings (SSSR count). The van der Waals surface area contributed by atoms with Gasteiger partial charge in [-0.3, -0.25) is 0 Å². The molecule has 0 saturated carbocycles. The monoisotopic (exact) mass is 761 g/mol. The van der Waals surface area contributed by atoms with Crippen LogP contribution in [0.4, 0.5) is 5.69 Å². The van der Waals surface area contributed by atoms with E-state index in [1.54, 1.807) is 0 Å². The van der Waals surface area contributed by atoms with Gasteiger partial charge in [-0.25, -0.2) is 0 Å². The number of anilines is 1. The predicted molar refractivity (Wildman–Crippen MR) is 244 cm³/mol. The zero-order valence-corrected chi connectivity index (χ0v) is 31.6. The number of rotatable bonds is 4. The second kappa shape index (κ2) is 13.0. The van der Waals surface area contributed by atoms with Crippen LogP contribution in [0.1, 0.15) is 0 Å². The summed E-state index contributed by atoms with van der Waals surface area (Å²) in [5, 5.41) is 56.4. The third kappa shape index (κ3) is 5.12. The molecule has 0 amide bonds. The third-order valence-electron chi connectivity index (χ3n) is 12.0. The molecule has 5 heteroatoms. The van der Waals surface area contributed by atoms with Crippen LogP contribution in [0.25, 0.3) is 109 Å². The van der Waals surface area contributed by atoms with E-state index in [0.29, 0.717) is 5.56 Å². The lowest BCUT2D eigenvalue weighted by Gasteiger charge is -2.22. The van der Waals surface area contributed by atoms with E-state index in [0.717, 1.165) is 65.7 Å². The summed E-state index contributed by atoms with van der Waals surface area (Å²) in [5.74, 6) is -3.04. The Kier molecular flexibility index (Phi) is 7.56. The van der Waals surface area contributed by atoms with E-state index >= 15 is 0 Å². The highest BCUT2D eigenvalue weighted by molar-refractivity contribution is 6.26. The summed E-state index contributed by atoms with van der Waals surface area (Å²) < 4.78 is 0. The molecule has 0 heterocycles. The van der Waals surface area contributed by atoms with Crippen molar-refractivity contribution < 1.29 is 20.4 Å². The van der Waals surface area contributed by atoms with Crippen LogP contribution in [-0.4, -0.2) is 20.4 Å². The van der Waals surface area contributed by atoms with Gasteiger partial charge in [0.25, 0.3) is 0 Å². The highest BCUT2D eigenvalue weighted by atomic mass is 16.3. The first-order chi connectivity index (χ1) is 28.9. The average Bonchev–Trinajstić information content (AvgIpc) is 3.29. The van der Waals surface area contributed by atoms with Crippen LogP contribution in [0.3, 0.4) is 0 Å². The average molecular weight is 762 g/mol. The molecule has 0 aliphatic carbocycles. The normalized spacial score (nSPS) is 11.7. The minimum Gasteiger partial charge on any atom is -0.504 e. The third-order valence-corrected chi connectivity index (χ3v) is 12.0. The van der Waals surface area contributed by atoms with Gasteiger partial charge >= 0.3 is 0 Å². The number of hydrogen-bond donors (Lipinski definition) is 5. The maximum absolute atomic E-state index is 11.5. The number of aromatic hydroxyl groups is 4. The van der Waals surface area contributed by atoms with Gasteiger partial charge in [0.1, 0.15) is 0 Å². The highest BCUT2D eigenvalue weighted by Crippen LogP contribution is 2.57. The van der Waals surface area contributed by atoms with Crippen LogP contribution >= 0.6 is 0 Å². The fraction of sp³-hybridized carbons (Fsp3) is 0. The van der Waals surface area contributed by atoms with Gasteiger partial charge in [-0.2, -0.15) is 0 Å². The quantitative estimate of drug-likeness (QED) is 0.0404. The molecule has 59 heavy (non-hydrogen) atoms. The van der Waals surface area contributed by atoms with Crippen molar-refractivity contribution in [2.24, 2.45) is 0 Å². The molecule has 11 aromatic rings. The Balaban J connectivity index is 1.21. The molecule has 0 radical (unpaired) electrons. The summed E-state index contributed by atoms with van der Waals surface area (Å²) in [6.07, 6.45) is 0. The van der Waals surface area contributed by atoms with Gasteiger partial charge in [-0.15, -0.1) is 0 Å². The van der Waals surface area contributed by atoms with E-state index in [2.05, 4.69) is 121 Å². The van der Waals surface area contributed by atoms with E-state index in [4.69, 9.17) is 5.73 Å². The molecule has 0 fully saturated rings. The minimum atomic E-state index is -0.876. The Hall–Kier alpha value is -8.02. The molecule has 6 N–H and O–H groups in total. The fourth-order valence-electron chi connectivity index (χ4n) is 9.30. The van der Waals surface area contributed by atoms with Gasteiger partial charge in [0.15, 0.2) is 11.5 Å². The van der Waals surface area contributed by atoms with Crippen LogP contribution < -0.4 is 5.73 Å². The lowest BCUT2D eigenvalue weighted by atomic mass is 9.82. The number of nitrogens with two attached hydrogens (primary N) is 1. The van der Waals surface area contributed by atoms with Crippen molar-refractivity contribution in [1.29, 1.82) is 0 Å². The molecule has 11 aromatic carbocycles. The Morgan fingerprint density at radius 3 is 1.53 bits per heavy atom. The van der Waals surface area contributed by atoms with Gasteiger partial charge in [-0.05, 0) is 116 Å². The van der Waals surface area contributed by atoms with Gasteiger partial charge in [0, 0.05) is 5.56 Å². The largest absolute Gasteiger partial charge is 0.504 e. The number of phenols is 4. The zero-order valence-electron chi connectivity index (χ0n) is 31.6. The smallest absolute Gasteiger partial charge is 0.206 e. The molecule has 0 aromatic heterocycles. The molecule has 0 spiro atoms. The van der Waals surface area contributed by atoms with Crippen molar-refractivity contribution in [3.05, 3.63) is 176 Å². The lowest BCUT2D eigenvalue weighted by molar-refractivity contribution is 0.348. The molecule has 0 atom stereocenters. The van der Waals surface area contributed by atoms with Crippen LogP contribution in [0.5, 0.6) is 23.0 Å². The Labute approximate surface area is 338 Å². The van der Waals surface area contributed by atoms with Crippen LogP contribution in [0.15, 0.2) is 176 Å². The molecule has 5 nitrogen and oxygen atoms in total. The number of phenolic OH excluding ortho intramolecular Hbond substituents is 4. The molecule has 0 aliphatic rings. The van der Waals surface area contributed by atoms with Gasteiger partial charge < -0.3 is 26.2 Å². The molecular formula is C54H35NO4. The molecule has 0 saturated heterocycles. The van der Waals surface area contributed by atoms with Crippen molar-refractivity contribution in [3.8, 4) is 67.5 Å². The van der Waals surface area contributed by atoms with E-state index in [9.17, 15) is 20.4 Å². The van der Waals surface area contributed by atoms with Crippen molar-refractivity contribution >= 4 is 70.3 Å². The maximum Gasteiger partial charge on any atom is 0.206 e. The van der Waals surface area contributed by atoms with Crippen molar-refractivity contribution in [3.63, 3.8) is 0 Å². The molecular weight excluding hydrogens is 727 g/mol. The van der Waals surface area contributed by atoms with E-state index in [-0.39, 0.29) is 11.3 Å². The summed E-state index contributed by atoms with van der Waals surface area (Å²) in [6, 6.07) is 61.3. The number of benzene rings is 11. The Morgan fingerprint density at radius 1 is 0.271 bits per heavy atom. The van der Waals surface area contributed by atoms with Crippen molar-refractivity contribution in [2.75, 3.05) is 5.73 Å². The van der Waals surface area contributed by atoms with Gasteiger partial charge in [0.05, 0.1) is 11.3 Å². The van der Waals surface area contributed by atoms with Crippen molar-refractivity contribution in [1.82, 2.24) is 0 Å². The lowest BCUT2D eigenvalue weighted by Crippen LogP contribution is -1.97.